The highest BCUT2D eigenvalue weighted by molar-refractivity contribution is 7.26. The van der Waals surface area contributed by atoms with Gasteiger partial charge < -0.3 is 10.1 Å². The minimum atomic E-state index is -4.69. The van der Waals surface area contributed by atoms with Crippen molar-refractivity contribution >= 4 is 37.5 Å². The van der Waals surface area contributed by atoms with Crippen LogP contribution in [0.2, 0.25) is 0 Å². The largest absolute Gasteiger partial charge is 0.573 e. The molecule has 5 nitrogen and oxygen atoms in total. The number of thiophene rings is 1. The number of aryl methyl sites for hydroxylation is 2. The number of alkyl halides is 3. The van der Waals surface area contributed by atoms with Crippen molar-refractivity contribution in [3.05, 3.63) is 53.3 Å². The molecule has 0 radical (unpaired) electrons. The summed E-state index contributed by atoms with van der Waals surface area (Å²) in [7, 11) is 0. The average Bonchev–Trinajstić information content (AvgIpc) is 3.03. The average molecular weight is 404 g/mol. The minimum Gasteiger partial charge on any atom is -0.406 e. The van der Waals surface area contributed by atoms with E-state index in [9.17, 15) is 13.2 Å². The van der Waals surface area contributed by atoms with Gasteiger partial charge in [-0.2, -0.15) is 5.10 Å². The Labute approximate surface area is 162 Å². The molecule has 0 fully saturated rings. The molecular weight excluding hydrogens is 389 g/mol. The first-order chi connectivity index (χ1) is 13.3. The van der Waals surface area contributed by atoms with E-state index in [0.717, 1.165) is 37.1 Å². The van der Waals surface area contributed by atoms with Crippen molar-refractivity contribution in [3.63, 3.8) is 0 Å². The van der Waals surface area contributed by atoms with Gasteiger partial charge in [-0.15, -0.1) is 29.6 Å². The van der Waals surface area contributed by atoms with Gasteiger partial charge in [0.25, 0.3) is 0 Å². The van der Waals surface area contributed by atoms with Crippen molar-refractivity contribution in [1.82, 2.24) is 15.2 Å². The highest BCUT2D eigenvalue weighted by Crippen LogP contribution is 2.38. The van der Waals surface area contributed by atoms with Crippen LogP contribution in [0.5, 0.6) is 5.75 Å². The number of anilines is 1. The van der Waals surface area contributed by atoms with Gasteiger partial charge in [0.15, 0.2) is 0 Å². The number of nitrogens with zero attached hydrogens (tertiary/aromatic N) is 3. The standard InChI is InChI=1S/C19H15F3N4OS/c1-10-11(2)25-26-18-15(10)14-7-8-23-17(16(14)28-18)24-9-12-3-5-13(6-4-12)27-19(20,21)22/h3-8H,9H2,1-2H3,(H,23,24). The van der Waals surface area contributed by atoms with Crippen LogP contribution in [-0.4, -0.2) is 21.5 Å². The van der Waals surface area contributed by atoms with E-state index in [1.54, 1.807) is 18.3 Å². The summed E-state index contributed by atoms with van der Waals surface area (Å²) in [6.07, 6.45) is -2.97. The van der Waals surface area contributed by atoms with E-state index in [2.05, 4.69) is 25.2 Å². The van der Waals surface area contributed by atoms with Gasteiger partial charge in [-0.1, -0.05) is 12.1 Å². The molecule has 0 aliphatic rings. The quantitative estimate of drug-likeness (QED) is 0.496. The number of halogens is 3. The number of benzene rings is 1. The Morgan fingerprint density at radius 1 is 1.07 bits per heavy atom. The predicted octanol–water partition coefficient (Wildman–Crippen LogP) is 5.37. The second-order valence-corrected chi connectivity index (χ2v) is 7.27. The highest BCUT2D eigenvalue weighted by atomic mass is 32.1. The molecule has 0 bridgehead atoms. The molecule has 1 N–H and O–H groups in total. The maximum absolute atomic E-state index is 12.2. The lowest BCUT2D eigenvalue weighted by atomic mass is 10.1. The Morgan fingerprint density at radius 3 is 2.54 bits per heavy atom. The molecule has 1 aromatic carbocycles. The lowest BCUT2D eigenvalue weighted by Crippen LogP contribution is -2.17. The molecule has 9 heteroatoms. The lowest BCUT2D eigenvalue weighted by molar-refractivity contribution is -0.274. The summed E-state index contributed by atoms with van der Waals surface area (Å²) in [6.45, 7) is 4.37. The van der Waals surface area contributed by atoms with Crippen molar-refractivity contribution in [2.45, 2.75) is 26.8 Å². The number of ether oxygens (including phenoxy) is 1. The van der Waals surface area contributed by atoms with Gasteiger partial charge in [0, 0.05) is 23.5 Å². The van der Waals surface area contributed by atoms with E-state index >= 15 is 0 Å². The van der Waals surface area contributed by atoms with E-state index in [4.69, 9.17) is 0 Å². The lowest BCUT2D eigenvalue weighted by Gasteiger charge is -2.10. The third kappa shape index (κ3) is 3.57. The Morgan fingerprint density at radius 2 is 1.82 bits per heavy atom. The first-order valence-electron chi connectivity index (χ1n) is 8.41. The van der Waals surface area contributed by atoms with E-state index in [-0.39, 0.29) is 5.75 Å². The molecule has 0 saturated carbocycles. The van der Waals surface area contributed by atoms with Gasteiger partial charge in [0.05, 0.1) is 10.4 Å². The maximum atomic E-state index is 12.2. The van der Waals surface area contributed by atoms with Crippen molar-refractivity contribution < 1.29 is 17.9 Å². The zero-order valence-corrected chi connectivity index (χ0v) is 15.8. The Bertz CT molecular complexity index is 1160. The molecule has 4 aromatic rings. The topological polar surface area (TPSA) is 59.9 Å². The van der Waals surface area contributed by atoms with Gasteiger partial charge in [0.1, 0.15) is 16.4 Å². The van der Waals surface area contributed by atoms with Crippen LogP contribution in [0.4, 0.5) is 19.0 Å². The molecular formula is C19H15F3N4OS. The monoisotopic (exact) mass is 404 g/mol. The van der Waals surface area contributed by atoms with Crippen molar-refractivity contribution in [2.75, 3.05) is 5.32 Å². The zero-order chi connectivity index (χ0) is 19.9. The molecule has 28 heavy (non-hydrogen) atoms. The summed E-state index contributed by atoms with van der Waals surface area (Å²) in [5.74, 6) is 0.457. The van der Waals surface area contributed by atoms with Crippen LogP contribution in [0.15, 0.2) is 36.5 Å². The first-order valence-corrected chi connectivity index (χ1v) is 9.23. The number of aromatic nitrogens is 3. The number of hydrogen-bond acceptors (Lipinski definition) is 6. The molecule has 3 aromatic heterocycles. The fourth-order valence-electron chi connectivity index (χ4n) is 2.94. The molecule has 0 aliphatic carbocycles. The van der Waals surface area contributed by atoms with Gasteiger partial charge >= 0.3 is 6.36 Å². The van der Waals surface area contributed by atoms with Gasteiger partial charge in [-0.05, 0) is 43.2 Å². The molecule has 0 aliphatic heterocycles. The highest BCUT2D eigenvalue weighted by Gasteiger charge is 2.30. The minimum absolute atomic E-state index is 0.245. The van der Waals surface area contributed by atoms with Gasteiger partial charge in [0.2, 0.25) is 0 Å². The van der Waals surface area contributed by atoms with Crippen LogP contribution in [0.25, 0.3) is 20.3 Å². The number of nitrogens with one attached hydrogen (secondary N) is 1. The van der Waals surface area contributed by atoms with Gasteiger partial charge in [-0.25, -0.2) is 4.98 Å². The maximum Gasteiger partial charge on any atom is 0.573 e. The Balaban J connectivity index is 1.59. The van der Waals surface area contributed by atoms with Crippen LogP contribution >= 0.6 is 11.3 Å². The Kier molecular flexibility index (Phi) is 4.54. The summed E-state index contributed by atoms with van der Waals surface area (Å²) in [5, 5.41) is 13.9. The predicted molar refractivity (Wildman–Crippen MR) is 103 cm³/mol. The summed E-state index contributed by atoms with van der Waals surface area (Å²) < 4.78 is 41.6. The Hall–Kier alpha value is -2.94. The van der Waals surface area contributed by atoms with Crippen LogP contribution in [0, 0.1) is 13.8 Å². The molecule has 0 atom stereocenters. The van der Waals surface area contributed by atoms with Crippen LogP contribution < -0.4 is 10.1 Å². The zero-order valence-electron chi connectivity index (χ0n) is 15.0. The van der Waals surface area contributed by atoms with Crippen molar-refractivity contribution in [3.8, 4) is 5.75 Å². The number of hydrogen-bond donors (Lipinski definition) is 1. The van der Waals surface area contributed by atoms with Crippen LogP contribution in [0.1, 0.15) is 16.8 Å². The third-order valence-corrected chi connectivity index (χ3v) is 5.51. The van der Waals surface area contributed by atoms with E-state index < -0.39 is 6.36 Å². The molecule has 3 heterocycles. The van der Waals surface area contributed by atoms with Crippen molar-refractivity contribution in [1.29, 1.82) is 0 Å². The fraction of sp³-hybridized carbons (Fsp3) is 0.211. The third-order valence-electron chi connectivity index (χ3n) is 4.41. The van der Waals surface area contributed by atoms with Crippen molar-refractivity contribution in [2.24, 2.45) is 0 Å². The fourth-order valence-corrected chi connectivity index (χ4v) is 4.08. The van der Waals surface area contributed by atoms with E-state index in [1.165, 1.54) is 23.5 Å². The first kappa shape index (κ1) is 18.4. The SMILES string of the molecule is Cc1nnc2sc3c(NCc4ccc(OC(F)(F)F)cc4)nccc3c2c1C. The van der Waals surface area contributed by atoms with Crippen LogP contribution in [0.3, 0.4) is 0 Å². The normalized spacial score (nSPS) is 11.9. The van der Waals surface area contributed by atoms with E-state index in [0.29, 0.717) is 12.4 Å². The van der Waals surface area contributed by atoms with Gasteiger partial charge in [-0.3, -0.25) is 0 Å². The smallest absolute Gasteiger partial charge is 0.406 e. The number of fused-ring (bicyclic) bond motifs is 3. The van der Waals surface area contributed by atoms with Crippen LogP contribution in [-0.2, 0) is 6.54 Å². The second-order valence-electron chi connectivity index (χ2n) is 6.27. The molecule has 0 spiro atoms. The summed E-state index contributed by atoms with van der Waals surface area (Å²) in [4.78, 5) is 5.26. The summed E-state index contributed by atoms with van der Waals surface area (Å²) in [6, 6.07) is 7.70. The molecule has 0 amide bonds. The summed E-state index contributed by atoms with van der Waals surface area (Å²) in [5.41, 5.74) is 2.79. The molecule has 0 saturated heterocycles. The molecule has 4 rings (SSSR count). The molecule has 0 unspecified atom stereocenters. The summed E-state index contributed by atoms with van der Waals surface area (Å²) >= 11 is 1.51. The number of rotatable bonds is 4. The molecule has 144 valence electrons. The van der Waals surface area contributed by atoms with E-state index in [1.807, 2.05) is 19.9 Å². The number of pyridine rings is 1. The second kappa shape index (κ2) is 6.90.